The normalized spacial score (nSPS) is 31.2. The number of aliphatic hydroxyl groups is 3. The summed E-state index contributed by atoms with van der Waals surface area (Å²) in [5, 5.41) is 42.2. The van der Waals surface area contributed by atoms with Gasteiger partial charge in [0.05, 0.1) is 0 Å². The molecule has 1 aromatic carbocycles. The number of carbonyl (C=O) groups excluding carboxylic acids is 5. The fraction of sp³-hybridized carbons (Fsp3) is 0.536. The minimum Gasteiger partial charge on any atom is -0.508 e. The molecule has 2 aliphatic rings. The van der Waals surface area contributed by atoms with Crippen molar-refractivity contribution in [2.45, 2.75) is 82.7 Å². The van der Waals surface area contributed by atoms with Crippen molar-refractivity contribution in [3.63, 3.8) is 0 Å². The Bertz CT molecular complexity index is 1260. The highest BCUT2D eigenvalue weighted by molar-refractivity contribution is 5.87. The van der Waals surface area contributed by atoms with Crippen LogP contribution in [0, 0.1) is 0 Å². The summed E-state index contributed by atoms with van der Waals surface area (Å²) in [6.07, 6.45) is -12.3. The maximum absolute atomic E-state index is 12.5. The summed E-state index contributed by atoms with van der Waals surface area (Å²) in [6, 6.07) is 5.76. The first-order valence-corrected chi connectivity index (χ1v) is 13.5. The highest BCUT2D eigenvalue weighted by Gasteiger charge is 2.61. The van der Waals surface area contributed by atoms with Gasteiger partial charge in [-0.2, -0.15) is 0 Å². The van der Waals surface area contributed by atoms with Gasteiger partial charge in [-0.15, -0.1) is 0 Å². The van der Waals surface area contributed by atoms with Crippen molar-refractivity contribution >= 4 is 35.9 Å². The molecule has 0 aliphatic carbocycles. The van der Waals surface area contributed by atoms with E-state index in [2.05, 4.69) is 0 Å². The van der Waals surface area contributed by atoms with Crippen molar-refractivity contribution in [2.75, 3.05) is 13.2 Å². The average molecular weight is 643 g/mol. The van der Waals surface area contributed by atoms with Crippen LogP contribution in [-0.4, -0.2) is 118 Å². The maximum Gasteiger partial charge on any atom is 0.333 e. The number of aromatic hydroxyl groups is 1. The molecule has 9 atom stereocenters. The zero-order valence-corrected chi connectivity index (χ0v) is 24.6. The molecule has 17 heteroatoms. The fourth-order valence-electron chi connectivity index (χ4n) is 4.38. The molecule has 0 unspecified atom stereocenters. The first kappa shape index (κ1) is 35.4. The minimum absolute atomic E-state index is 0.00107. The number of esters is 5. The lowest BCUT2D eigenvalue weighted by atomic mass is 9.98. The molecule has 1 aromatic rings. The molecule has 0 saturated carbocycles. The van der Waals surface area contributed by atoms with E-state index in [-0.39, 0.29) is 5.75 Å². The van der Waals surface area contributed by atoms with E-state index in [0.717, 1.165) is 33.8 Å². The van der Waals surface area contributed by atoms with Crippen molar-refractivity contribution in [1.82, 2.24) is 0 Å². The molecule has 3 rings (SSSR count). The Morgan fingerprint density at radius 2 is 1.40 bits per heavy atom. The predicted molar refractivity (Wildman–Crippen MR) is 143 cm³/mol. The van der Waals surface area contributed by atoms with Gasteiger partial charge in [0.1, 0.15) is 43.4 Å². The van der Waals surface area contributed by atoms with Gasteiger partial charge in [-0.25, -0.2) is 4.79 Å². The van der Waals surface area contributed by atoms with Crippen LogP contribution in [0.3, 0.4) is 0 Å². The van der Waals surface area contributed by atoms with E-state index in [1.807, 2.05) is 0 Å². The second kappa shape index (κ2) is 15.2. The molecule has 2 heterocycles. The Morgan fingerprint density at radius 1 is 0.800 bits per heavy atom. The third kappa shape index (κ3) is 9.43. The van der Waals surface area contributed by atoms with Gasteiger partial charge in [0.15, 0.2) is 18.5 Å². The average Bonchev–Trinajstić information content (AvgIpc) is 3.18. The molecule has 2 fully saturated rings. The van der Waals surface area contributed by atoms with Crippen LogP contribution in [0.2, 0.25) is 0 Å². The SMILES string of the molecule is CC(=O)OC[C@H]1O[C@H](O[C@]2(COC(C)=O)O[C@H](OC(=O)/C=C/c3ccc(O)cc3)[C@H](O)[C@H]2O)[C@H](O)[C@@H](OC(C)=O)[C@@H]1OC(C)=O. The summed E-state index contributed by atoms with van der Waals surface area (Å²) < 4.78 is 42.4. The lowest BCUT2D eigenvalue weighted by molar-refractivity contribution is -0.390. The van der Waals surface area contributed by atoms with Crippen LogP contribution in [-0.2, 0) is 61.9 Å². The van der Waals surface area contributed by atoms with Crippen molar-refractivity contribution in [3.05, 3.63) is 35.9 Å². The van der Waals surface area contributed by atoms with Gasteiger partial charge in [-0.1, -0.05) is 12.1 Å². The van der Waals surface area contributed by atoms with Crippen LogP contribution in [0.25, 0.3) is 6.08 Å². The Balaban J connectivity index is 1.89. The second-order valence-electron chi connectivity index (χ2n) is 9.98. The Morgan fingerprint density at radius 3 is 1.98 bits per heavy atom. The third-order valence-corrected chi connectivity index (χ3v) is 6.37. The van der Waals surface area contributed by atoms with Gasteiger partial charge in [-0.05, 0) is 23.8 Å². The molecule has 0 spiro atoms. The summed E-state index contributed by atoms with van der Waals surface area (Å²) in [5.41, 5.74) is 0.506. The van der Waals surface area contributed by atoms with Crippen molar-refractivity contribution < 1.29 is 82.3 Å². The lowest BCUT2D eigenvalue weighted by Gasteiger charge is -2.45. The van der Waals surface area contributed by atoms with E-state index in [1.54, 1.807) is 0 Å². The smallest absolute Gasteiger partial charge is 0.333 e. The Labute approximate surface area is 256 Å². The fourth-order valence-corrected chi connectivity index (χ4v) is 4.38. The quantitative estimate of drug-likeness (QED) is 0.126. The molecule has 0 aromatic heterocycles. The first-order valence-electron chi connectivity index (χ1n) is 13.5. The van der Waals surface area contributed by atoms with E-state index < -0.39 is 98.1 Å². The predicted octanol–water partition coefficient (Wildman–Crippen LogP) is -1.18. The van der Waals surface area contributed by atoms with E-state index in [1.165, 1.54) is 30.3 Å². The molecular formula is C28H34O17. The highest BCUT2D eigenvalue weighted by Crippen LogP contribution is 2.38. The van der Waals surface area contributed by atoms with Gasteiger partial charge < -0.3 is 58.3 Å². The molecule has 0 bridgehead atoms. The molecule has 2 saturated heterocycles. The van der Waals surface area contributed by atoms with Gasteiger partial charge >= 0.3 is 29.8 Å². The van der Waals surface area contributed by atoms with E-state index in [4.69, 9.17) is 37.9 Å². The number of phenols is 1. The zero-order chi connectivity index (χ0) is 33.5. The Kier molecular flexibility index (Phi) is 12.0. The van der Waals surface area contributed by atoms with Crippen molar-refractivity contribution in [2.24, 2.45) is 0 Å². The van der Waals surface area contributed by atoms with E-state index in [0.29, 0.717) is 5.56 Å². The van der Waals surface area contributed by atoms with Crippen molar-refractivity contribution in [1.29, 1.82) is 0 Å². The number of phenolic OH excluding ortho intramolecular Hbond substituents is 1. The summed E-state index contributed by atoms with van der Waals surface area (Å²) in [7, 11) is 0. The largest absolute Gasteiger partial charge is 0.508 e. The number of benzene rings is 1. The molecule has 45 heavy (non-hydrogen) atoms. The lowest BCUT2D eigenvalue weighted by Crippen LogP contribution is -2.64. The standard InChI is InChI=1S/C28H34O17/c1-13(29)38-11-19-23(40-15(3)31)24(41-16(4)32)21(35)26(42-19)44-28(12-39-14(2)30)25(37)22(36)27(45-28)43-20(34)10-7-17-5-8-18(33)9-6-17/h5-10,19,21-27,33,35-37H,11-12H2,1-4H3/b10-7+/t19-,21-,22-,23-,24-,25-,26-,27+,28-/m1/s1. The molecule has 17 nitrogen and oxygen atoms in total. The van der Waals surface area contributed by atoms with Crippen LogP contribution >= 0.6 is 0 Å². The highest BCUT2D eigenvalue weighted by atomic mass is 16.9. The monoisotopic (exact) mass is 642 g/mol. The third-order valence-electron chi connectivity index (χ3n) is 6.37. The molecular weight excluding hydrogens is 608 g/mol. The van der Waals surface area contributed by atoms with Gasteiger partial charge in [0.2, 0.25) is 12.1 Å². The van der Waals surface area contributed by atoms with Crippen LogP contribution in [0.1, 0.15) is 33.3 Å². The number of carbonyl (C=O) groups is 5. The number of aliphatic hydroxyl groups excluding tert-OH is 3. The Hall–Kier alpha value is -4.13. The van der Waals surface area contributed by atoms with Gasteiger partial charge in [-0.3, -0.25) is 19.2 Å². The van der Waals surface area contributed by atoms with Crippen LogP contribution in [0.4, 0.5) is 0 Å². The minimum atomic E-state index is -2.57. The van der Waals surface area contributed by atoms with E-state index >= 15 is 0 Å². The zero-order valence-electron chi connectivity index (χ0n) is 24.6. The summed E-state index contributed by atoms with van der Waals surface area (Å²) in [6.45, 7) is 2.59. The summed E-state index contributed by atoms with van der Waals surface area (Å²) in [4.78, 5) is 59.4. The first-order chi connectivity index (χ1) is 21.1. The molecule has 248 valence electrons. The molecule has 4 N–H and O–H groups in total. The number of ether oxygens (including phenoxy) is 8. The topological polar surface area (TPSA) is 240 Å². The van der Waals surface area contributed by atoms with Crippen molar-refractivity contribution in [3.8, 4) is 5.75 Å². The van der Waals surface area contributed by atoms with Gasteiger partial charge in [0, 0.05) is 33.8 Å². The number of rotatable bonds is 11. The van der Waals surface area contributed by atoms with Crippen LogP contribution in [0.5, 0.6) is 5.75 Å². The second-order valence-corrected chi connectivity index (χ2v) is 9.98. The number of hydrogen-bond donors (Lipinski definition) is 4. The molecule has 0 amide bonds. The molecule has 0 radical (unpaired) electrons. The van der Waals surface area contributed by atoms with Gasteiger partial charge in [0.25, 0.3) is 0 Å². The van der Waals surface area contributed by atoms with Crippen LogP contribution in [0.15, 0.2) is 30.3 Å². The van der Waals surface area contributed by atoms with E-state index in [9.17, 15) is 44.4 Å². The number of hydrogen-bond acceptors (Lipinski definition) is 17. The molecule has 2 aliphatic heterocycles. The maximum atomic E-state index is 12.5. The van der Waals surface area contributed by atoms with Crippen LogP contribution < -0.4 is 0 Å². The summed E-state index contributed by atoms with van der Waals surface area (Å²) >= 11 is 0. The summed E-state index contributed by atoms with van der Waals surface area (Å²) in [5.74, 6) is -7.04.